The Kier molecular flexibility index (Phi) is 3.66. The van der Waals surface area contributed by atoms with Crippen molar-refractivity contribution in [3.63, 3.8) is 0 Å². The number of hydrazone groups is 1. The topological polar surface area (TPSA) is 50.4 Å². The molecule has 0 fully saturated rings. The van der Waals surface area contributed by atoms with Crippen LogP contribution in [0.2, 0.25) is 0 Å². The molecule has 2 aromatic heterocycles. The summed E-state index contributed by atoms with van der Waals surface area (Å²) < 4.78 is 0. The van der Waals surface area contributed by atoms with Crippen LogP contribution >= 0.6 is 34.9 Å². The van der Waals surface area contributed by atoms with Gasteiger partial charge in [0, 0.05) is 15.3 Å². The van der Waals surface area contributed by atoms with E-state index in [1.54, 1.807) is 28.9 Å². The monoisotopic (exact) mass is 267 g/mol. The summed E-state index contributed by atoms with van der Waals surface area (Å²) in [5.41, 5.74) is 9.02. The second-order valence-electron chi connectivity index (χ2n) is 2.95. The molecule has 2 rings (SSSR count). The third-order valence-corrected chi connectivity index (χ3v) is 3.64. The van der Waals surface area contributed by atoms with Crippen molar-refractivity contribution in [2.45, 2.75) is 0 Å². The Morgan fingerprint density at radius 1 is 1.44 bits per heavy atom. The fraction of sp³-hybridized carbons (Fsp3) is 0. The van der Waals surface area contributed by atoms with Crippen LogP contribution in [0.3, 0.4) is 0 Å². The maximum Gasteiger partial charge on any atom is 0.184 e. The van der Waals surface area contributed by atoms with Crippen LogP contribution in [0.1, 0.15) is 4.88 Å². The van der Waals surface area contributed by atoms with Crippen molar-refractivity contribution in [2.75, 3.05) is 0 Å². The van der Waals surface area contributed by atoms with Gasteiger partial charge in [-0.15, -0.1) is 11.3 Å². The molecule has 0 amide bonds. The standard InChI is InChI=1S/C10H9N3S3/c11-10(14)13-12-5-8-1-2-9(16-8)7-3-4-15-6-7/h1-6H,(H3,11,13,14). The number of nitrogens with one attached hydrogen (secondary N) is 1. The Morgan fingerprint density at radius 3 is 3.00 bits per heavy atom. The van der Waals surface area contributed by atoms with E-state index in [1.807, 2.05) is 6.07 Å². The van der Waals surface area contributed by atoms with Gasteiger partial charge < -0.3 is 5.73 Å². The Morgan fingerprint density at radius 2 is 2.31 bits per heavy atom. The molecule has 0 aliphatic heterocycles. The van der Waals surface area contributed by atoms with Gasteiger partial charge in [0.1, 0.15) is 0 Å². The number of thiophene rings is 2. The number of thiocarbonyl (C=S) groups is 1. The van der Waals surface area contributed by atoms with Gasteiger partial charge in [-0.3, -0.25) is 5.43 Å². The van der Waals surface area contributed by atoms with Crippen LogP contribution in [0.5, 0.6) is 0 Å². The fourth-order valence-electron chi connectivity index (χ4n) is 1.14. The summed E-state index contributed by atoms with van der Waals surface area (Å²) in [6.45, 7) is 0. The molecule has 0 spiro atoms. The van der Waals surface area contributed by atoms with E-state index in [0.29, 0.717) is 0 Å². The molecular formula is C10H9N3S3. The van der Waals surface area contributed by atoms with E-state index >= 15 is 0 Å². The molecule has 3 N–H and O–H groups in total. The Balaban J connectivity index is 2.08. The Labute approximate surface area is 107 Å². The van der Waals surface area contributed by atoms with Crippen molar-refractivity contribution >= 4 is 46.2 Å². The van der Waals surface area contributed by atoms with Crippen molar-refractivity contribution in [1.29, 1.82) is 0 Å². The maximum atomic E-state index is 5.25. The highest BCUT2D eigenvalue weighted by atomic mass is 32.1. The summed E-state index contributed by atoms with van der Waals surface area (Å²) in [6, 6.07) is 6.20. The summed E-state index contributed by atoms with van der Waals surface area (Å²) in [7, 11) is 0. The lowest BCUT2D eigenvalue weighted by Gasteiger charge is -1.91. The van der Waals surface area contributed by atoms with Crippen LogP contribution < -0.4 is 11.2 Å². The van der Waals surface area contributed by atoms with Gasteiger partial charge in [-0.2, -0.15) is 16.4 Å². The molecule has 0 saturated carbocycles. The van der Waals surface area contributed by atoms with Crippen LogP contribution in [0.25, 0.3) is 10.4 Å². The first-order valence-electron chi connectivity index (χ1n) is 4.46. The molecule has 82 valence electrons. The van der Waals surface area contributed by atoms with Gasteiger partial charge in [0.05, 0.1) is 6.21 Å². The number of nitrogens with zero attached hydrogens (tertiary/aromatic N) is 1. The molecule has 0 aliphatic carbocycles. The fourth-order valence-corrected chi connectivity index (χ4v) is 2.80. The zero-order valence-electron chi connectivity index (χ0n) is 8.21. The van der Waals surface area contributed by atoms with Crippen LogP contribution in [-0.4, -0.2) is 11.3 Å². The average molecular weight is 267 g/mol. The normalized spacial score (nSPS) is 10.8. The van der Waals surface area contributed by atoms with E-state index < -0.39 is 0 Å². The van der Waals surface area contributed by atoms with Crippen molar-refractivity contribution in [2.24, 2.45) is 10.8 Å². The Hall–Kier alpha value is -1.24. The highest BCUT2D eigenvalue weighted by Gasteiger charge is 2.01. The van der Waals surface area contributed by atoms with Gasteiger partial charge >= 0.3 is 0 Å². The van der Waals surface area contributed by atoms with Gasteiger partial charge in [-0.25, -0.2) is 0 Å². The lowest BCUT2D eigenvalue weighted by atomic mass is 10.3. The molecule has 0 atom stereocenters. The number of hydrogen-bond acceptors (Lipinski definition) is 4. The van der Waals surface area contributed by atoms with Crippen molar-refractivity contribution in [3.05, 3.63) is 33.8 Å². The molecule has 0 unspecified atom stereocenters. The third kappa shape index (κ3) is 2.88. The second-order valence-corrected chi connectivity index (χ2v) is 5.28. The molecule has 0 radical (unpaired) electrons. The number of rotatable bonds is 3. The Bertz CT molecular complexity index is 499. The predicted molar refractivity (Wildman–Crippen MR) is 75.1 cm³/mol. The van der Waals surface area contributed by atoms with Crippen LogP contribution in [-0.2, 0) is 0 Å². The molecule has 0 saturated heterocycles. The SMILES string of the molecule is NC(=S)NN=Cc1ccc(-c2ccsc2)s1. The van der Waals surface area contributed by atoms with Gasteiger partial charge in [-0.1, -0.05) is 0 Å². The largest absolute Gasteiger partial charge is 0.375 e. The van der Waals surface area contributed by atoms with E-state index in [0.717, 1.165) is 4.88 Å². The number of nitrogens with two attached hydrogens (primary N) is 1. The minimum Gasteiger partial charge on any atom is -0.375 e. The van der Waals surface area contributed by atoms with Gasteiger partial charge in [0.15, 0.2) is 5.11 Å². The third-order valence-electron chi connectivity index (χ3n) is 1.80. The molecule has 2 aromatic rings. The zero-order chi connectivity index (χ0) is 11.4. The summed E-state index contributed by atoms with van der Waals surface area (Å²) >= 11 is 8.01. The van der Waals surface area contributed by atoms with E-state index in [4.69, 9.17) is 5.73 Å². The second kappa shape index (κ2) is 5.20. The molecule has 0 aliphatic rings. The minimum absolute atomic E-state index is 0.172. The molecule has 3 nitrogen and oxygen atoms in total. The minimum atomic E-state index is 0.172. The quantitative estimate of drug-likeness (QED) is 0.510. The molecule has 16 heavy (non-hydrogen) atoms. The van der Waals surface area contributed by atoms with E-state index in [9.17, 15) is 0 Å². The van der Waals surface area contributed by atoms with Crippen LogP contribution in [0.15, 0.2) is 34.1 Å². The van der Waals surface area contributed by atoms with Gasteiger partial charge in [0.2, 0.25) is 0 Å². The predicted octanol–water partition coefficient (Wildman–Crippen LogP) is 2.64. The summed E-state index contributed by atoms with van der Waals surface area (Å²) in [5.74, 6) is 0. The van der Waals surface area contributed by atoms with E-state index in [1.165, 1.54) is 10.4 Å². The molecule has 0 bridgehead atoms. The average Bonchev–Trinajstić information content (AvgIpc) is 2.85. The molecular weight excluding hydrogens is 258 g/mol. The lowest BCUT2D eigenvalue weighted by Crippen LogP contribution is -2.23. The first-order valence-corrected chi connectivity index (χ1v) is 6.63. The van der Waals surface area contributed by atoms with Crippen molar-refractivity contribution < 1.29 is 0 Å². The van der Waals surface area contributed by atoms with Crippen molar-refractivity contribution in [3.8, 4) is 10.4 Å². The van der Waals surface area contributed by atoms with Crippen LogP contribution in [0, 0.1) is 0 Å². The highest BCUT2D eigenvalue weighted by molar-refractivity contribution is 7.80. The molecule has 6 heteroatoms. The van der Waals surface area contributed by atoms with Crippen molar-refractivity contribution in [1.82, 2.24) is 5.43 Å². The molecule has 2 heterocycles. The summed E-state index contributed by atoms with van der Waals surface area (Å²) in [4.78, 5) is 2.29. The summed E-state index contributed by atoms with van der Waals surface area (Å²) in [5, 5.41) is 8.27. The first kappa shape index (κ1) is 11.3. The highest BCUT2D eigenvalue weighted by Crippen LogP contribution is 2.28. The molecule has 0 aromatic carbocycles. The van der Waals surface area contributed by atoms with E-state index in [-0.39, 0.29) is 5.11 Å². The van der Waals surface area contributed by atoms with Gasteiger partial charge in [-0.05, 0) is 41.2 Å². The summed E-state index contributed by atoms with van der Waals surface area (Å²) in [6.07, 6.45) is 1.71. The first-order chi connectivity index (χ1) is 7.75. The number of hydrogen-bond donors (Lipinski definition) is 2. The maximum absolute atomic E-state index is 5.25. The lowest BCUT2D eigenvalue weighted by molar-refractivity contribution is 1.04. The van der Waals surface area contributed by atoms with Crippen LogP contribution in [0.4, 0.5) is 0 Å². The smallest absolute Gasteiger partial charge is 0.184 e. The van der Waals surface area contributed by atoms with E-state index in [2.05, 4.69) is 45.6 Å². The van der Waals surface area contributed by atoms with Gasteiger partial charge in [0.25, 0.3) is 0 Å². The zero-order valence-corrected chi connectivity index (χ0v) is 10.7.